The molecule has 4 amide bonds. The molecule has 0 aromatic heterocycles. The molecule has 4 rings (SSSR count). The van der Waals surface area contributed by atoms with Crippen LogP contribution >= 0.6 is 0 Å². The predicted octanol–water partition coefficient (Wildman–Crippen LogP) is 0.822. The Kier molecular flexibility index (Phi) is 3.09. The van der Waals surface area contributed by atoms with Crippen molar-refractivity contribution in [3.63, 3.8) is 0 Å². The molecule has 126 valence electrons. The van der Waals surface area contributed by atoms with Crippen LogP contribution in [0, 0.1) is 9.81 Å². The van der Waals surface area contributed by atoms with Gasteiger partial charge < -0.3 is 0 Å². The van der Waals surface area contributed by atoms with Crippen molar-refractivity contribution in [3.8, 4) is 0 Å². The molecule has 3 aromatic carbocycles. The Balaban J connectivity index is 2.30. The van der Waals surface area contributed by atoms with Crippen LogP contribution in [-0.4, -0.2) is 17.8 Å². The Hall–Kier alpha value is -4.08. The van der Waals surface area contributed by atoms with E-state index in [1.807, 2.05) is 10.6 Å². The maximum absolute atomic E-state index is 12.8. The molecule has 10 nitrogen and oxygen atoms in total. The summed E-state index contributed by atoms with van der Waals surface area (Å²) >= 11 is 0. The summed E-state index contributed by atoms with van der Waals surface area (Å²) < 4.78 is 0. The summed E-state index contributed by atoms with van der Waals surface area (Å²) in [6, 6.07) is 4.18. The van der Waals surface area contributed by atoms with E-state index in [1.165, 1.54) is 24.3 Å². The first kappa shape index (κ1) is 15.4. The number of rotatable bonds is 2. The summed E-state index contributed by atoms with van der Waals surface area (Å²) in [5, 5.41) is 9.78. The van der Waals surface area contributed by atoms with Gasteiger partial charge in [-0.2, -0.15) is 0 Å². The summed E-state index contributed by atoms with van der Waals surface area (Å²) in [5.74, 6) is -2.04. The number of barbiturate groups is 1. The Morgan fingerprint density at radius 2 is 1.23 bits per heavy atom. The first-order chi connectivity index (χ1) is 12.5. The van der Waals surface area contributed by atoms with Gasteiger partial charge in [0.25, 0.3) is 11.8 Å². The van der Waals surface area contributed by atoms with E-state index in [-0.39, 0.29) is 38.1 Å². The van der Waals surface area contributed by atoms with Gasteiger partial charge in [-0.05, 0) is 33.9 Å². The molecule has 0 aliphatic carbocycles. The number of nitroso groups, excluding NO2 is 2. The lowest BCUT2D eigenvalue weighted by Gasteiger charge is -2.13. The highest BCUT2D eigenvalue weighted by Gasteiger charge is 2.31. The van der Waals surface area contributed by atoms with Crippen LogP contribution in [-0.2, 0) is 9.59 Å². The average Bonchev–Trinajstić information content (AvgIpc) is 2.89. The van der Waals surface area contributed by atoms with Gasteiger partial charge in [-0.3, -0.25) is 25.0 Å². The minimum absolute atomic E-state index is 0.0571. The molecule has 1 heterocycles. The first-order valence-electron chi connectivity index (χ1n) is 7.20. The lowest BCUT2D eigenvalue weighted by molar-refractivity contribution is -0.121. The second-order valence-electron chi connectivity index (χ2n) is 5.51. The van der Waals surface area contributed by atoms with E-state index >= 15 is 0 Å². The van der Waals surface area contributed by atoms with Gasteiger partial charge in [-0.15, -0.1) is 9.81 Å². The third kappa shape index (κ3) is 1.86. The van der Waals surface area contributed by atoms with Gasteiger partial charge in [-0.1, -0.05) is 6.07 Å². The monoisotopic (exact) mass is 350 g/mol. The van der Waals surface area contributed by atoms with Crippen molar-refractivity contribution in [1.29, 1.82) is 0 Å². The molecule has 3 aromatic rings. The zero-order chi connectivity index (χ0) is 18.6. The van der Waals surface area contributed by atoms with Crippen LogP contribution in [0.4, 0.5) is 16.2 Å². The molecular formula is C16H6N4O6. The number of carbonyl (C=O) groups is 3. The minimum Gasteiger partial charge on any atom is -0.289 e. The van der Waals surface area contributed by atoms with Crippen LogP contribution in [0.5, 0.6) is 0 Å². The van der Waals surface area contributed by atoms with E-state index in [9.17, 15) is 29.0 Å². The molecule has 0 radical (unpaired) electrons. The molecule has 10 heteroatoms. The van der Waals surface area contributed by atoms with Gasteiger partial charge in [0.15, 0.2) is 5.43 Å². The largest absolute Gasteiger partial charge is 0.328 e. The fraction of sp³-hybridized carbons (Fsp3) is 0. The van der Waals surface area contributed by atoms with Crippen LogP contribution in [0.15, 0.2) is 39.4 Å². The normalized spacial score (nSPS) is 14.6. The van der Waals surface area contributed by atoms with Crippen molar-refractivity contribution in [2.24, 2.45) is 10.4 Å². The second kappa shape index (κ2) is 5.21. The molecule has 0 saturated carbocycles. The Labute approximate surface area is 142 Å². The van der Waals surface area contributed by atoms with Gasteiger partial charge in [0, 0.05) is 21.4 Å². The van der Waals surface area contributed by atoms with Crippen LogP contribution in [0.1, 0.15) is 0 Å². The second-order valence-corrected chi connectivity index (χ2v) is 5.51. The SMILES string of the molecule is O=Nc1ccc2c(=O)c(=C3C(=O)NC(=O)NC3=O)c3ccc(N=O)c1c23. The third-order valence-electron chi connectivity index (χ3n) is 4.21. The summed E-state index contributed by atoms with van der Waals surface area (Å²) in [7, 11) is 0. The Morgan fingerprint density at radius 3 is 1.77 bits per heavy atom. The maximum atomic E-state index is 12.8. The van der Waals surface area contributed by atoms with E-state index in [1.54, 1.807) is 0 Å². The zero-order valence-electron chi connectivity index (χ0n) is 12.7. The fourth-order valence-corrected chi connectivity index (χ4v) is 3.21. The number of nitrogens with one attached hydrogen (secondary N) is 2. The van der Waals surface area contributed by atoms with E-state index in [0.29, 0.717) is 0 Å². The lowest BCUT2D eigenvalue weighted by atomic mass is 10.0. The van der Waals surface area contributed by atoms with Crippen molar-refractivity contribution >= 4 is 56.3 Å². The van der Waals surface area contributed by atoms with Crippen molar-refractivity contribution in [3.05, 3.63) is 49.5 Å². The Morgan fingerprint density at radius 1 is 0.692 bits per heavy atom. The minimum atomic E-state index is -1.02. The van der Waals surface area contributed by atoms with Crippen LogP contribution in [0.3, 0.4) is 0 Å². The average molecular weight is 350 g/mol. The molecule has 1 saturated heterocycles. The number of carbonyl (C=O) groups excluding carboxylic acids is 3. The van der Waals surface area contributed by atoms with Gasteiger partial charge in [-0.25, -0.2) is 4.79 Å². The number of amides is 4. The summed E-state index contributed by atoms with van der Waals surface area (Å²) in [6.07, 6.45) is 0. The Bertz CT molecular complexity index is 1260. The third-order valence-corrected chi connectivity index (χ3v) is 4.21. The van der Waals surface area contributed by atoms with Crippen molar-refractivity contribution in [2.75, 3.05) is 0 Å². The number of nitrogens with zero attached hydrogens (tertiary/aromatic N) is 2. The van der Waals surface area contributed by atoms with E-state index in [4.69, 9.17) is 0 Å². The quantitative estimate of drug-likeness (QED) is 0.653. The molecule has 1 fully saturated rings. The molecule has 0 bridgehead atoms. The predicted molar refractivity (Wildman–Crippen MR) is 90.1 cm³/mol. The number of hydrogen-bond acceptors (Lipinski definition) is 8. The molecule has 0 unspecified atom stereocenters. The topological polar surface area (TPSA) is 151 Å². The van der Waals surface area contributed by atoms with Crippen molar-refractivity contribution < 1.29 is 14.4 Å². The maximum Gasteiger partial charge on any atom is 0.328 e. The standard InChI is InChI=1S/C16H6N4O6/c21-13-6-2-4-8(20-26)11-7(19-25)3-1-5(9(6)11)10(13)12-14(22)17-16(24)18-15(12)23/h1-4H,(H2,17,18,22,23,24). The number of imide groups is 2. The van der Waals surface area contributed by atoms with Crippen LogP contribution in [0.25, 0.3) is 27.1 Å². The van der Waals surface area contributed by atoms with E-state index < -0.39 is 28.8 Å². The van der Waals surface area contributed by atoms with Gasteiger partial charge >= 0.3 is 6.03 Å². The number of benzene rings is 2. The van der Waals surface area contributed by atoms with E-state index in [0.717, 1.165) is 0 Å². The molecular weight excluding hydrogens is 344 g/mol. The summed E-state index contributed by atoms with van der Waals surface area (Å²) in [6.45, 7) is 0. The fourth-order valence-electron chi connectivity index (χ4n) is 3.21. The summed E-state index contributed by atoms with van der Waals surface area (Å²) in [4.78, 5) is 70.5. The lowest BCUT2D eigenvalue weighted by Crippen LogP contribution is -2.53. The smallest absolute Gasteiger partial charge is 0.289 e. The zero-order valence-corrected chi connectivity index (χ0v) is 12.7. The highest BCUT2D eigenvalue weighted by Crippen LogP contribution is 2.38. The molecule has 0 atom stereocenters. The van der Waals surface area contributed by atoms with Crippen molar-refractivity contribution in [2.45, 2.75) is 0 Å². The molecule has 1 aliphatic rings. The number of urea groups is 1. The van der Waals surface area contributed by atoms with Gasteiger partial charge in [0.1, 0.15) is 16.9 Å². The highest BCUT2D eigenvalue weighted by molar-refractivity contribution is 6.47. The molecule has 2 N–H and O–H groups in total. The van der Waals surface area contributed by atoms with Crippen LogP contribution < -0.4 is 21.3 Å². The van der Waals surface area contributed by atoms with Crippen LogP contribution in [0.2, 0.25) is 0 Å². The summed E-state index contributed by atoms with van der Waals surface area (Å²) in [5.41, 5.74) is -1.39. The highest BCUT2D eigenvalue weighted by atomic mass is 16.3. The van der Waals surface area contributed by atoms with Gasteiger partial charge in [0.05, 0.1) is 0 Å². The molecule has 26 heavy (non-hydrogen) atoms. The van der Waals surface area contributed by atoms with Gasteiger partial charge in [0.2, 0.25) is 0 Å². The number of hydrogen-bond donors (Lipinski definition) is 2. The first-order valence-corrected chi connectivity index (χ1v) is 7.20. The molecule has 1 aliphatic heterocycles. The van der Waals surface area contributed by atoms with E-state index in [2.05, 4.69) is 10.4 Å². The molecule has 0 spiro atoms. The van der Waals surface area contributed by atoms with Crippen molar-refractivity contribution in [1.82, 2.24) is 10.6 Å².